The molecule has 0 atom stereocenters. The molecule has 0 aromatic heterocycles. The van der Waals surface area contributed by atoms with Crippen LogP contribution in [-0.2, 0) is 0 Å². The Morgan fingerprint density at radius 2 is 1.34 bits per heavy atom. The van der Waals surface area contributed by atoms with Crippen LogP contribution in [0.4, 0.5) is 0 Å². The molecule has 0 saturated carbocycles. The van der Waals surface area contributed by atoms with E-state index in [4.69, 9.17) is 9.47 Å². The Kier molecular flexibility index (Phi) is 31.2. The van der Waals surface area contributed by atoms with E-state index in [1.807, 2.05) is 50.8 Å². The predicted molar refractivity (Wildman–Crippen MR) is 192 cm³/mol. The molecule has 1 N–H and O–H groups in total. The van der Waals surface area contributed by atoms with Gasteiger partial charge in [0, 0.05) is 18.7 Å². The van der Waals surface area contributed by atoms with Crippen molar-refractivity contribution in [2.45, 2.75) is 52.9 Å². The maximum absolute atomic E-state index is 5.38. The summed E-state index contributed by atoms with van der Waals surface area (Å²) in [5.41, 5.74) is 4.02. The van der Waals surface area contributed by atoms with Crippen LogP contribution in [0.3, 0.4) is 0 Å². The molecule has 2 aliphatic heterocycles. The van der Waals surface area contributed by atoms with Gasteiger partial charge in [-0.15, -0.1) is 0 Å². The van der Waals surface area contributed by atoms with Gasteiger partial charge in [0.05, 0.1) is 14.2 Å². The molecule has 0 bridgehead atoms. The summed E-state index contributed by atoms with van der Waals surface area (Å²) in [6.07, 6.45) is 5.85. The third kappa shape index (κ3) is 16.8. The van der Waals surface area contributed by atoms with E-state index >= 15 is 0 Å². The van der Waals surface area contributed by atoms with Crippen molar-refractivity contribution < 1.29 is 22.7 Å². The van der Waals surface area contributed by atoms with Crippen LogP contribution in [0.25, 0.3) is 5.57 Å². The monoisotopic (exact) mass is 977 g/mol. The van der Waals surface area contributed by atoms with Crippen molar-refractivity contribution in [3.8, 4) is 11.5 Å². The SMILES string of the molecule is CC.CC.CI.COc1ccccc1C1=CCN(C)CC1.COc1ccccc1C1CCNCC1.I[I-]I. The Morgan fingerprint density at radius 3 is 1.84 bits per heavy atom. The molecule has 2 aromatic rings. The summed E-state index contributed by atoms with van der Waals surface area (Å²) in [5, 5.41) is 3.38. The third-order valence-electron chi connectivity index (χ3n) is 5.78. The Labute approximate surface area is 277 Å². The Balaban J connectivity index is 0. The number of methoxy groups -OCH3 is 2. The number of likely N-dealkylation sites (N-methyl/N-ethyl adjacent to an activating group) is 1. The van der Waals surface area contributed by atoms with Crippen LogP contribution in [0, 0.1) is 0 Å². The molecule has 38 heavy (non-hydrogen) atoms. The van der Waals surface area contributed by atoms with Crippen molar-refractivity contribution in [2.24, 2.45) is 0 Å². The summed E-state index contributed by atoms with van der Waals surface area (Å²) in [6.45, 7) is 12.4. The molecule has 8 heteroatoms. The second kappa shape index (κ2) is 29.1. The van der Waals surface area contributed by atoms with Crippen LogP contribution < -0.4 is 28.0 Å². The average molecular weight is 977 g/mol. The predicted octanol–water partition coefficient (Wildman–Crippen LogP) is 6.46. The van der Waals surface area contributed by atoms with Gasteiger partial charge in [0.25, 0.3) is 0 Å². The van der Waals surface area contributed by atoms with Crippen molar-refractivity contribution in [3.63, 3.8) is 0 Å². The van der Waals surface area contributed by atoms with Crippen molar-refractivity contribution in [2.75, 3.05) is 52.4 Å². The van der Waals surface area contributed by atoms with Gasteiger partial charge in [-0.05, 0) is 73.5 Å². The van der Waals surface area contributed by atoms with E-state index in [9.17, 15) is 0 Å². The molecular weight excluding hydrogens is 928 g/mol. The summed E-state index contributed by atoms with van der Waals surface area (Å²) in [4.78, 5) is 4.29. The van der Waals surface area contributed by atoms with E-state index in [0.717, 1.165) is 44.1 Å². The molecule has 2 heterocycles. The zero-order chi connectivity index (χ0) is 29.2. The molecule has 220 valence electrons. The molecule has 0 radical (unpaired) electrons. The summed E-state index contributed by atoms with van der Waals surface area (Å²) < 4.78 is 10.7. The summed E-state index contributed by atoms with van der Waals surface area (Å²) in [7, 11) is 5.63. The van der Waals surface area contributed by atoms with Crippen LogP contribution in [0.5, 0.6) is 11.5 Å². The standard InChI is InChI=1S/C13H17NO.C12H17NO.2C2H6.CH3I.I3/c1-14-9-7-11(8-10-14)12-5-3-4-6-13(12)15-2;1-14-12-5-3-2-4-11(12)10-6-8-13-9-7-10;3*1-2;1-3-2/h3-7H,8-10H2,1-2H3;2-5,10,13H,6-9H2,1H3;2*1-2H3;1H3;/q;;;;;-1. The molecule has 0 amide bonds. The minimum absolute atomic E-state index is 0.530. The first kappa shape index (κ1) is 40.8. The summed E-state index contributed by atoms with van der Waals surface area (Å²) in [5.74, 6) is 2.69. The second-order valence-electron chi connectivity index (χ2n) is 7.76. The number of para-hydroxylation sites is 2. The molecule has 1 saturated heterocycles. The van der Waals surface area contributed by atoms with E-state index in [1.165, 1.54) is 29.5 Å². The molecule has 0 aliphatic carbocycles. The fourth-order valence-corrected chi connectivity index (χ4v) is 4.06. The van der Waals surface area contributed by atoms with Crippen LogP contribution in [0.2, 0.25) is 0 Å². The quantitative estimate of drug-likeness (QED) is 0.283. The zero-order valence-corrected chi connectivity index (χ0v) is 33.1. The van der Waals surface area contributed by atoms with Gasteiger partial charge < -0.3 is 19.7 Å². The average Bonchev–Trinajstić information content (AvgIpc) is 3.02. The number of hydrogen-bond acceptors (Lipinski definition) is 4. The Hall–Kier alpha value is 0.620. The van der Waals surface area contributed by atoms with Gasteiger partial charge in [0.15, 0.2) is 0 Å². The maximum atomic E-state index is 5.38. The second-order valence-corrected chi connectivity index (χ2v) is 24.0. The summed E-state index contributed by atoms with van der Waals surface area (Å²) >= 11 is 7.45. The molecule has 2 aliphatic rings. The van der Waals surface area contributed by atoms with Gasteiger partial charge in [0.1, 0.15) is 11.5 Å². The van der Waals surface area contributed by atoms with E-state index in [1.54, 1.807) is 14.2 Å². The van der Waals surface area contributed by atoms with Crippen molar-refractivity contribution in [1.29, 1.82) is 0 Å². The first-order valence-corrected chi connectivity index (χ1v) is 28.0. The van der Waals surface area contributed by atoms with Crippen molar-refractivity contribution >= 4 is 65.4 Å². The number of halogens is 4. The minimum atomic E-state index is 0.530. The first-order chi connectivity index (χ1) is 18.6. The van der Waals surface area contributed by atoms with Crippen LogP contribution in [0.15, 0.2) is 54.6 Å². The fourth-order valence-electron chi connectivity index (χ4n) is 4.06. The molecule has 0 spiro atoms. The number of alkyl halides is 1. The van der Waals surface area contributed by atoms with E-state index in [-0.39, 0.29) is 0 Å². The topological polar surface area (TPSA) is 33.7 Å². The van der Waals surface area contributed by atoms with Crippen molar-refractivity contribution in [3.05, 3.63) is 65.7 Å². The molecule has 0 unspecified atom stereocenters. The Bertz CT molecular complexity index is 831. The van der Waals surface area contributed by atoms with Crippen LogP contribution in [-0.4, -0.2) is 57.3 Å². The third-order valence-corrected chi connectivity index (χ3v) is 5.78. The van der Waals surface area contributed by atoms with Crippen LogP contribution >= 0.6 is 59.8 Å². The van der Waals surface area contributed by atoms with Gasteiger partial charge in [-0.25, -0.2) is 0 Å². The molecular formula is C30H49I4N2O2-. The number of nitrogens with one attached hydrogen (secondary N) is 1. The Morgan fingerprint density at radius 1 is 0.842 bits per heavy atom. The van der Waals surface area contributed by atoms with E-state index in [2.05, 4.69) is 113 Å². The number of hydrogen-bond donors (Lipinski definition) is 1. The molecule has 4 rings (SSSR count). The number of rotatable bonds is 4. The van der Waals surface area contributed by atoms with Crippen LogP contribution in [0.1, 0.15) is 64.0 Å². The van der Waals surface area contributed by atoms with Gasteiger partial charge in [-0.1, -0.05) is 92.8 Å². The molecule has 2 aromatic carbocycles. The van der Waals surface area contributed by atoms with Gasteiger partial charge in [-0.3, -0.25) is 0 Å². The molecule has 1 fully saturated rings. The normalized spacial score (nSPS) is 14.6. The number of ether oxygens (including phenoxy) is 2. The van der Waals surface area contributed by atoms with E-state index < -0.39 is 0 Å². The molecule has 4 nitrogen and oxygen atoms in total. The summed E-state index contributed by atoms with van der Waals surface area (Å²) in [6, 6.07) is 16.6. The number of benzene rings is 2. The first-order valence-electron chi connectivity index (χ1n) is 13.2. The van der Waals surface area contributed by atoms with Gasteiger partial charge in [0.2, 0.25) is 0 Å². The number of piperidine rings is 1. The van der Waals surface area contributed by atoms with Gasteiger partial charge >= 0.3 is 50.5 Å². The van der Waals surface area contributed by atoms with Crippen molar-refractivity contribution in [1.82, 2.24) is 10.2 Å². The van der Waals surface area contributed by atoms with E-state index in [0.29, 0.717) is 19.2 Å². The fraction of sp³-hybridized carbons (Fsp3) is 0.533. The number of nitrogens with zero attached hydrogens (tertiary/aromatic N) is 1. The van der Waals surface area contributed by atoms with Gasteiger partial charge in [-0.2, -0.15) is 0 Å². The zero-order valence-electron chi connectivity index (χ0n) is 24.5.